The molecule has 0 aromatic heterocycles. The topological polar surface area (TPSA) is 52.6 Å². The molecule has 0 aliphatic carbocycles. The van der Waals surface area contributed by atoms with Crippen LogP contribution in [0.2, 0.25) is 0 Å². The predicted molar refractivity (Wildman–Crippen MR) is 90.6 cm³/mol. The first-order chi connectivity index (χ1) is 9.05. The number of halogens is 2. The predicted octanol–water partition coefficient (Wildman–Crippen LogP) is 4.43. The Labute approximate surface area is 144 Å². The highest BCUT2D eigenvalue weighted by molar-refractivity contribution is 9.10. The van der Waals surface area contributed by atoms with Gasteiger partial charge < -0.3 is 9.47 Å². The normalized spacial score (nSPS) is 13.8. The van der Waals surface area contributed by atoms with E-state index >= 15 is 0 Å². The molecule has 0 aromatic rings. The van der Waals surface area contributed by atoms with Crippen molar-refractivity contribution in [1.82, 2.24) is 0 Å². The molecule has 0 amide bonds. The van der Waals surface area contributed by atoms with Crippen LogP contribution in [0.3, 0.4) is 0 Å². The number of alkyl halides is 2. The maximum Gasteiger partial charge on any atom is 0.315 e. The Balaban J connectivity index is 4.60. The van der Waals surface area contributed by atoms with Crippen molar-refractivity contribution in [1.29, 1.82) is 0 Å². The summed E-state index contributed by atoms with van der Waals surface area (Å²) in [5.74, 6) is -0.846. The first kappa shape index (κ1) is 20.9. The van der Waals surface area contributed by atoms with Gasteiger partial charge in [0, 0.05) is 8.65 Å². The molecule has 0 saturated carbocycles. The minimum atomic E-state index is -0.746. The smallest absolute Gasteiger partial charge is 0.315 e. The van der Waals surface area contributed by atoms with E-state index in [1.165, 1.54) is 0 Å². The van der Waals surface area contributed by atoms with E-state index in [4.69, 9.17) is 9.47 Å². The lowest BCUT2D eigenvalue weighted by Crippen LogP contribution is -2.44. The molecule has 0 spiro atoms. The van der Waals surface area contributed by atoms with Gasteiger partial charge in [0.25, 0.3) is 0 Å². The van der Waals surface area contributed by atoms with E-state index in [9.17, 15) is 9.59 Å². The van der Waals surface area contributed by atoms with Crippen LogP contribution in [-0.2, 0) is 19.1 Å². The highest BCUT2D eigenvalue weighted by Gasteiger charge is 2.44. The number of hydrogen-bond donors (Lipinski definition) is 0. The molecule has 0 rings (SSSR count). The highest BCUT2D eigenvalue weighted by atomic mass is 79.9. The molecule has 0 saturated heterocycles. The average molecular weight is 430 g/mol. The molecule has 0 unspecified atom stereocenters. The fraction of sp³-hybridized carbons (Fsp3) is 0.867. The van der Waals surface area contributed by atoms with E-state index in [1.807, 2.05) is 27.7 Å². The fourth-order valence-corrected chi connectivity index (χ4v) is 1.31. The first-order valence-electron chi connectivity index (χ1n) is 6.77. The number of rotatable bonds is 6. The van der Waals surface area contributed by atoms with Crippen molar-refractivity contribution in [2.45, 2.75) is 64.0 Å². The van der Waals surface area contributed by atoms with E-state index < -0.39 is 31.4 Å². The largest absolute Gasteiger partial charge is 0.427 e. The zero-order chi connectivity index (χ0) is 17.3. The van der Waals surface area contributed by atoms with Gasteiger partial charge in [-0.25, -0.2) is 0 Å². The lowest BCUT2D eigenvalue weighted by Gasteiger charge is -2.35. The Morgan fingerprint density at radius 1 is 0.714 bits per heavy atom. The molecule has 0 aliphatic rings. The van der Waals surface area contributed by atoms with Gasteiger partial charge in [0.2, 0.25) is 6.79 Å². The molecule has 6 heteroatoms. The van der Waals surface area contributed by atoms with Crippen LogP contribution in [0, 0.1) is 10.8 Å². The number of carbonyl (C=O) groups is 2. The van der Waals surface area contributed by atoms with Crippen molar-refractivity contribution in [3.05, 3.63) is 0 Å². The van der Waals surface area contributed by atoms with Gasteiger partial charge in [-0.05, 0) is 55.4 Å². The minimum absolute atomic E-state index is 0.378. The van der Waals surface area contributed by atoms with Crippen molar-refractivity contribution < 1.29 is 19.1 Å². The summed E-state index contributed by atoms with van der Waals surface area (Å²) in [5.41, 5.74) is -1.49. The summed E-state index contributed by atoms with van der Waals surface area (Å²) >= 11 is 6.93. The van der Waals surface area contributed by atoms with Crippen LogP contribution in [0.25, 0.3) is 0 Å². The molecule has 0 aromatic carbocycles. The Hall–Kier alpha value is -0.100. The van der Waals surface area contributed by atoms with Gasteiger partial charge in [0.1, 0.15) is 0 Å². The summed E-state index contributed by atoms with van der Waals surface area (Å²) in [4.78, 5) is 24.2. The molecule has 0 heterocycles. The second kappa shape index (κ2) is 6.57. The van der Waals surface area contributed by atoms with E-state index in [0.29, 0.717) is 0 Å². The van der Waals surface area contributed by atoms with E-state index in [0.717, 1.165) is 0 Å². The highest BCUT2D eigenvalue weighted by Crippen LogP contribution is 2.40. The number of hydrogen-bond acceptors (Lipinski definition) is 4. The standard InChI is InChI=1S/C15H26Br2O4/c1-12(2,14(5,6)16)10(18)20-9-21-11(19)13(3,4)15(7,8)17/h9H2,1-8H3. The summed E-state index contributed by atoms with van der Waals surface area (Å²) in [5, 5.41) is 0. The summed E-state index contributed by atoms with van der Waals surface area (Å²) in [6.07, 6.45) is 0. The Morgan fingerprint density at radius 3 is 1.14 bits per heavy atom. The SMILES string of the molecule is CC(C)(Br)C(C)(C)C(=O)OCOC(=O)C(C)(C)C(C)(C)Br. The van der Waals surface area contributed by atoms with Crippen molar-refractivity contribution in [2.24, 2.45) is 10.8 Å². The van der Waals surface area contributed by atoms with E-state index in [1.54, 1.807) is 27.7 Å². The molecule has 0 aliphatic heterocycles. The lowest BCUT2D eigenvalue weighted by atomic mass is 9.81. The number of ether oxygens (including phenoxy) is 2. The van der Waals surface area contributed by atoms with Crippen molar-refractivity contribution in [3.63, 3.8) is 0 Å². The van der Waals surface area contributed by atoms with Crippen LogP contribution in [0.4, 0.5) is 0 Å². The Kier molecular flexibility index (Phi) is 6.54. The molecular formula is C15H26Br2O4. The molecular weight excluding hydrogens is 404 g/mol. The fourth-order valence-electron chi connectivity index (χ4n) is 0.983. The monoisotopic (exact) mass is 428 g/mol. The minimum Gasteiger partial charge on any atom is -0.427 e. The summed E-state index contributed by atoms with van der Waals surface area (Å²) in [6.45, 7) is 14.3. The Bertz CT molecular complexity index is 363. The lowest BCUT2D eigenvalue weighted by molar-refractivity contribution is -0.180. The summed E-state index contributed by atoms with van der Waals surface area (Å²) < 4.78 is 9.30. The third kappa shape index (κ3) is 4.95. The molecule has 124 valence electrons. The van der Waals surface area contributed by atoms with E-state index in [-0.39, 0.29) is 6.79 Å². The summed E-state index contributed by atoms with van der Waals surface area (Å²) in [7, 11) is 0. The van der Waals surface area contributed by atoms with Crippen LogP contribution in [-0.4, -0.2) is 27.4 Å². The molecule has 0 N–H and O–H groups in total. The quantitative estimate of drug-likeness (QED) is 0.356. The second-order valence-corrected chi connectivity index (χ2v) is 11.1. The second-order valence-electron chi connectivity index (χ2n) is 7.18. The molecule has 0 fully saturated rings. The average Bonchev–Trinajstić information content (AvgIpc) is 2.25. The molecule has 21 heavy (non-hydrogen) atoms. The molecule has 4 nitrogen and oxygen atoms in total. The van der Waals surface area contributed by atoms with Gasteiger partial charge in [-0.15, -0.1) is 0 Å². The zero-order valence-electron chi connectivity index (χ0n) is 14.1. The van der Waals surface area contributed by atoms with Crippen LogP contribution in [0.1, 0.15) is 55.4 Å². The van der Waals surface area contributed by atoms with Gasteiger partial charge in [-0.2, -0.15) is 0 Å². The van der Waals surface area contributed by atoms with Gasteiger partial charge in [0.15, 0.2) is 0 Å². The van der Waals surface area contributed by atoms with Crippen LogP contribution in [0.5, 0.6) is 0 Å². The Morgan fingerprint density at radius 2 is 0.952 bits per heavy atom. The maximum absolute atomic E-state index is 12.1. The number of esters is 2. The summed E-state index contributed by atoms with van der Waals surface area (Å²) in [6, 6.07) is 0. The van der Waals surface area contributed by atoms with Gasteiger partial charge in [-0.1, -0.05) is 31.9 Å². The first-order valence-corrected chi connectivity index (χ1v) is 8.36. The van der Waals surface area contributed by atoms with E-state index in [2.05, 4.69) is 31.9 Å². The third-order valence-corrected chi connectivity index (χ3v) is 6.36. The van der Waals surface area contributed by atoms with Gasteiger partial charge >= 0.3 is 11.9 Å². The molecule has 0 atom stereocenters. The number of carbonyl (C=O) groups excluding carboxylic acids is 2. The van der Waals surface area contributed by atoms with Gasteiger partial charge in [-0.3, -0.25) is 9.59 Å². The van der Waals surface area contributed by atoms with Crippen LogP contribution in [0.15, 0.2) is 0 Å². The third-order valence-electron chi connectivity index (χ3n) is 4.37. The molecule has 0 radical (unpaired) electrons. The van der Waals surface area contributed by atoms with Crippen molar-refractivity contribution in [3.8, 4) is 0 Å². The van der Waals surface area contributed by atoms with Crippen molar-refractivity contribution >= 4 is 43.8 Å². The van der Waals surface area contributed by atoms with Crippen LogP contribution >= 0.6 is 31.9 Å². The molecule has 0 bridgehead atoms. The van der Waals surface area contributed by atoms with Gasteiger partial charge in [0.05, 0.1) is 10.8 Å². The van der Waals surface area contributed by atoms with Crippen LogP contribution < -0.4 is 0 Å². The maximum atomic E-state index is 12.1. The van der Waals surface area contributed by atoms with Crippen molar-refractivity contribution in [2.75, 3.05) is 6.79 Å². The zero-order valence-corrected chi connectivity index (χ0v) is 17.3.